The number of hydrogen-bond acceptors (Lipinski definition) is 0. The molecule has 19 heavy (non-hydrogen) atoms. The van der Waals surface area contributed by atoms with E-state index in [1.807, 2.05) is 0 Å². The monoisotopic (exact) mass is 262 g/mol. The van der Waals surface area contributed by atoms with Crippen molar-refractivity contribution in [2.24, 2.45) is 7.05 Å². The van der Waals surface area contributed by atoms with Gasteiger partial charge in [0.2, 0.25) is 0 Å². The van der Waals surface area contributed by atoms with Crippen molar-refractivity contribution in [1.82, 2.24) is 0 Å². The molecule has 0 spiro atoms. The highest BCUT2D eigenvalue weighted by atomic mass is 14.9. The minimum Gasteiger partial charge on any atom is -0.205 e. The Balaban J connectivity index is 2.51. The van der Waals surface area contributed by atoms with Crippen LogP contribution in [-0.4, -0.2) is 0 Å². The van der Waals surface area contributed by atoms with Gasteiger partial charge in [-0.2, -0.15) is 0 Å². The maximum absolute atomic E-state index is 2.33. The fraction of sp³-hybridized carbons (Fsp3) is 0.722. The van der Waals surface area contributed by atoms with Gasteiger partial charge in [-0.1, -0.05) is 52.4 Å². The highest BCUT2D eigenvalue weighted by Gasteiger charge is 2.12. The average molecular weight is 262 g/mol. The lowest BCUT2D eigenvalue weighted by atomic mass is 10.0. The fourth-order valence-electron chi connectivity index (χ4n) is 2.73. The molecule has 0 bridgehead atoms. The number of hydrogen-bond donors (Lipinski definition) is 0. The third-order valence-electron chi connectivity index (χ3n) is 3.97. The van der Waals surface area contributed by atoms with E-state index in [2.05, 4.69) is 43.8 Å². The first-order chi connectivity index (χ1) is 9.29. The van der Waals surface area contributed by atoms with E-state index in [9.17, 15) is 0 Å². The summed E-state index contributed by atoms with van der Waals surface area (Å²) in [7, 11) is 2.20. The van der Waals surface area contributed by atoms with Crippen LogP contribution in [0.4, 0.5) is 0 Å². The van der Waals surface area contributed by atoms with E-state index in [0.717, 1.165) is 0 Å². The Morgan fingerprint density at radius 3 is 2.11 bits per heavy atom. The number of rotatable bonds is 10. The van der Waals surface area contributed by atoms with Gasteiger partial charge in [0.25, 0.3) is 0 Å². The number of aromatic nitrogens is 1. The molecule has 0 unspecified atom stereocenters. The first kappa shape index (κ1) is 16.2. The van der Waals surface area contributed by atoms with Gasteiger partial charge in [-0.05, 0) is 25.3 Å². The summed E-state index contributed by atoms with van der Waals surface area (Å²) in [6.45, 7) is 4.56. The second kappa shape index (κ2) is 10.00. The molecule has 0 aliphatic rings. The number of pyridine rings is 1. The Hall–Kier alpha value is -0.850. The zero-order valence-corrected chi connectivity index (χ0v) is 13.3. The van der Waals surface area contributed by atoms with Crippen LogP contribution in [0.25, 0.3) is 0 Å². The molecule has 0 aliphatic carbocycles. The van der Waals surface area contributed by atoms with Crippen molar-refractivity contribution >= 4 is 0 Å². The maximum atomic E-state index is 2.33. The first-order valence-corrected chi connectivity index (χ1v) is 8.26. The molecule has 0 fully saturated rings. The van der Waals surface area contributed by atoms with Crippen LogP contribution < -0.4 is 4.57 Å². The molecule has 1 heterocycles. The van der Waals surface area contributed by atoms with Crippen LogP contribution in [0, 0.1) is 0 Å². The number of unbranched alkanes of at least 4 members (excludes halogenated alkanes) is 6. The summed E-state index contributed by atoms with van der Waals surface area (Å²) in [5.41, 5.74) is 3.15. The van der Waals surface area contributed by atoms with Gasteiger partial charge in [0.15, 0.2) is 11.9 Å². The van der Waals surface area contributed by atoms with Crippen LogP contribution in [-0.2, 0) is 19.9 Å². The van der Waals surface area contributed by atoms with Crippen molar-refractivity contribution in [2.45, 2.75) is 78.1 Å². The van der Waals surface area contributed by atoms with Gasteiger partial charge in [0.1, 0.15) is 7.05 Å². The van der Waals surface area contributed by atoms with Crippen LogP contribution in [0.15, 0.2) is 18.3 Å². The van der Waals surface area contributed by atoms with Crippen molar-refractivity contribution in [1.29, 1.82) is 0 Å². The zero-order chi connectivity index (χ0) is 13.9. The second-order valence-electron chi connectivity index (χ2n) is 5.71. The SMILES string of the molecule is CCCCCCc1ccc[n+](C)c1CCCCCC. The summed E-state index contributed by atoms with van der Waals surface area (Å²) in [6, 6.07) is 4.53. The summed E-state index contributed by atoms with van der Waals surface area (Å²) in [6.07, 6.45) is 15.6. The Morgan fingerprint density at radius 2 is 1.47 bits per heavy atom. The summed E-state index contributed by atoms with van der Waals surface area (Å²) < 4.78 is 2.33. The molecular weight excluding hydrogens is 230 g/mol. The standard InChI is InChI=1S/C18H32N/c1-4-6-8-10-13-17-14-12-16-19(3)18(17)15-11-9-7-5-2/h12,14,16H,4-11,13,15H2,1-3H3/q+1. The lowest BCUT2D eigenvalue weighted by molar-refractivity contribution is -0.679. The summed E-state index contributed by atoms with van der Waals surface area (Å²) in [5.74, 6) is 0. The molecule has 0 aliphatic heterocycles. The molecule has 0 amide bonds. The topological polar surface area (TPSA) is 3.88 Å². The first-order valence-electron chi connectivity index (χ1n) is 8.26. The molecular formula is C18H32N+. The molecule has 0 saturated carbocycles. The third kappa shape index (κ3) is 6.22. The van der Waals surface area contributed by atoms with Gasteiger partial charge < -0.3 is 0 Å². The van der Waals surface area contributed by atoms with Gasteiger partial charge in [-0.15, -0.1) is 0 Å². The fourth-order valence-corrected chi connectivity index (χ4v) is 2.73. The van der Waals surface area contributed by atoms with Crippen molar-refractivity contribution in [3.8, 4) is 0 Å². The zero-order valence-electron chi connectivity index (χ0n) is 13.3. The Bertz CT molecular complexity index is 344. The molecule has 1 heteroatoms. The van der Waals surface area contributed by atoms with Gasteiger partial charge in [-0.3, -0.25) is 0 Å². The van der Waals surface area contributed by atoms with Crippen molar-refractivity contribution in [3.63, 3.8) is 0 Å². The Kier molecular flexibility index (Phi) is 8.53. The van der Waals surface area contributed by atoms with E-state index in [-0.39, 0.29) is 0 Å². The molecule has 1 aromatic rings. The Labute approximate surface area is 120 Å². The van der Waals surface area contributed by atoms with Crippen LogP contribution in [0.3, 0.4) is 0 Å². The number of aryl methyl sites for hydroxylation is 2. The van der Waals surface area contributed by atoms with E-state index < -0.39 is 0 Å². The van der Waals surface area contributed by atoms with Crippen molar-refractivity contribution in [2.75, 3.05) is 0 Å². The summed E-state index contributed by atoms with van der Waals surface area (Å²) >= 11 is 0. The quantitative estimate of drug-likeness (QED) is 0.423. The van der Waals surface area contributed by atoms with Crippen molar-refractivity contribution in [3.05, 3.63) is 29.6 Å². The Morgan fingerprint density at radius 1 is 0.842 bits per heavy atom. The van der Waals surface area contributed by atoms with Crippen molar-refractivity contribution < 1.29 is 4.57 Å². The summed E-state index contributed by atoms with van der Waals surface area (Å²) in [4.78, 5) is 0. The van der Waals surface area contributed by atoms with E-state index in [0.29, 0.717) is 0 Å². The maximum Gasteiger partial charge on any atom is 0.184 e. The van der Waals surface area contributed by atoms with Crippen LogP contribution in [0.2, 0.25) is 0 Å². The normalized spacial score (nSPS) is 10.9. The highest BCUT2D eigenvalue weighted by Crippen LogP contribution is 2.13. The van der Waals surface area contributed by atoms with Gasteiger partial charge >= 0.3 is 0 Å². The van der Waals surface area contributed by atoms with E-state index >= 15 is 0 Å². The molecule has 0 atom stereocenters. The smallest absolute Gasteiger partial charge is 0.184 e. The highest BCUT2D eigenvalue weighted by molar-refractivity contribution is 5.16. The molecule has 108 valence electrons. The molecule has 0 radical (unpaired) electrons. The minimum atomic E-state index is 1.25. The summed E-state index contributed by atoms with van der Waals surface area (Å²) in [5, 5.41) is 0. The number of nitrogens with zero attached hydrogens (tertiary/aromatic N) is 1. The lowest BCUT2D eigenvalue weighted by Crippen LogP contribution is -2.34. The molecule has 0 aromatic carbocycles. The largest absolute Gasteiger partial charge is 0.205 e. The molecule has 1 nitrogen and oxygen atoms in total. The molecule has 1 rings (SSSR count). The minimum absolute atomic E-state index is 1.25. The van der Waals surface area contributed by atoms with E-state index in [1.165, 1.54) is 64.2 Å². The van der Waals surface area contributed by atoms with Gasteiger partial charge in [-0.25, -0.2) is 4.57 Å². The predicted molar refractivity (Wildman–Crippen MR) is 83.3 cm³/mol. The van der Waals surface area contributed by atoms with Crippen LogP contribution in [0.5, 0.6) is 0 Å². The van der Waals surface area contributed by atoms with Crippen LogP contribution in [0.1, 0.15) is 76.5 Å². The van der Waals surface area contributed by atoms with E-state index in [1.54, 1.807) is 11.3 Å². The van der Waals surface area contributed by atoms with Gasteiger partial charge in [0.05, 0.1) is 0 Å². The van der Waals surface area contributed by atoms with Gasteiger partial charge in [0, 0.05) is 18.1 Å². The van der Waals surface area contributed by atoms with E-state index in [4.69, 9.17) is 0 Å². The second-order valence-corrected chi connectivity index (χ2v) is 5.71. The van der Waals surface area contributed by atoms with Crippen LogP contribution >= 0.6 is 0 Å². The predicted octanol–water partition coefficient (Wildman–Crippen LogP) is 4.76. The molecule has 1 aromatic heterocycles. The lowest BCUT2D eigenvalue weighted by Gasteiger charge is -2.07. The third-order valence-corrected chi connectivity index (χ3v) is 3.97. The average Bonchev–Trinajstić information content (AvgIpc) is 2.42. The molecule has 0 N–H and O–H groups in total. The molecule has 0 saturated heterocycles.